The average Bonchev–Trinajstić information content (AvgIpc) is 2.97. The van der Waals surface area contributed by atoms with Gasteiger partial charge in [-0.15, -0.1) is 0 Å². The lowest BCUT2D eigenvalue weighted by molar-refractivity contribution is -0.118. The van der Waals surface area contributed by atoms with E-state index in [1.165, 1.54) is 11.3 Å². The van der Waals surface area contributed by atoms with Gasteiger partial charge in [-0.25, -0.2) is 0 Å². The number of fused-ring (bicyclic) bond motifs is 1. The number of rotatable bonds is 4. The molecule has 4 heteroatoms. The Morgan fingerprint density at radius 2 is 2.32 bits per heavy atom. The molecule has 1 N–H and O–H groups in total. The van der Waals surface area contributed by atoms with Crippen LogP contribution in [-0.4, -0.2) is 22.1 Å². The van der Waals surface area contributed by atoms with Gasteiger partial charge in [0.2, 0.25) is 0 Å². The Morgan fingerprint density at radius 3 is 3.11 bits per heavy atom. The Bertz CT molecular complexity index is 603. The number of ketones is 1. The molecule has 1 unspecified atom stereocenters. The molecule has 0 spiro atoms. The van der Waals surface area contributed by atoms with Crippen LogP contribution in [0.4, 0.5) is 5.69 Å². The Balaban J connectivity index is 1.65. The minimum atomic E-state index is 0.275. The number of Topliss-reactive ketones (excluding diaryl/α,β-unsaturated/α-hetero) is 1. The van der Waals surface area contributed by atoms with E-state index in [4.69, 9.17) is 0 Å². The lowest BCUT2D eigenvalue weighted by Crippen LogP contribution is -2.11. The molecule has 0 saturated carbocycles. The van der Waals surface area contributed by atoms with E-state index in [2.05, 4.69) is 22.5 Å². The van der Waals surface area contributed by atoms with Gasteiger partial charge in [0.25, 0.3) is 0 Å². The van der Waals surface area contributed by atoms with Crippen LogP contribution in [0, 0.1) is 0 Å². The van der Waals surface area contributed by atoms with Crippen LogP contribution in [-0.2, 0) is 18.3 Å². The first-order valence-electron chi connectivity index (χ1n) is 6.54. The highest BCUT2D eigenvalue weighted by Gasteiger charge is 2.23. The molecule has 0 bridgehead atoms. The van der Waals surface area contributed by atoms with Crippen LogP contribution in [0.15, 0.2) is 36.7 Å². The maximum atomic E-state index is 12.1. The lowest BCUT2D eigenvalue weighted by Gasteiger charge is -2.08. The van der Waals surface area contributed by atoms with Crippen LogP contribution in [0.1, 0.15) is 23.5 Å². The summed E-state index contributed by atoms with van der Waals surface area (Å²) >= 11 is 0. The SMILES string of the molecule is Cn1cc(CC(=O)CC2CNc3ccccc32)cn1. The molecule has 4 nitrogen and oxygen atoms in total. The fourth-order valence-electron chi connectivity index (χ4n) is 2.68. The minimum absolute atomic E-state index is 0.275. The molecule has 0 aliphatic carbocycles. The molecule has 0 fully saturated rings. The van der Waals surface area contributed by atoms with Crippen molar-refractivity contribution < 1.29 is 4.79 Å². The van der Waals surface area contributed by atoms with Gasteiger partial charge in [0.15, 0.2) is 0 Å². The normalized spacial score (nSPS) is 17.0. The summed E-state index contributed by atoms with van der Waals surface area (Å²) in [5.74, 6) is 0.580. The molecular weight excluding hydrogens is 238 g/mol. The van der Waals surface area contributed by atoms with Crippen LogP contribution in [0.25, 0.3) is 0 Å². The van der Waals surface area contributed by atoms with Gasteiger partial charge in [-0.3, -0.25) is 9.48 Å². The number of hydrogen-bond donors (Lipinski definition) is 1. The van der Waals surface area contributed by atoms with Gasteiger partial charge in [0, 0.05) is 44.2 Å². The van der Waals surface area contributed by atoms with E-state index in [1.807, 2.05) is 25.4 Å². The first-order valence-corrected chi connectivity index (χ1v) is 6.54. The van der Waals surface area contributed by atoms with Gasteiger partial charge in [-0.2, -0.15) is 5.10 Å². The highest BCUT2D eigenvalue weighted by atomic mass is 16.1. The van der Waals surface area contributed by atoms with E-state index < -0.39 is 0 Å². The number of nitrogens with one attached hydrogen (secondary N) is 1. The molecule has 2 aromatic rings. The molecule has 19 heavy (non-hydrogen) atoms. The summed E-state index contributed by atoms with van der Waals surface area (Å²) in [6, 6.07) is 8.23. The van der Waals surface area contributed by atoms with Crippen molar-refractivity contribution in [3.63, 3.8) is 0 Å². The molecule has 1 aromatic carbocycles. The Morgan fingerprint density at radius 1 is 1.47 bits per heavy atom. The predicted molar refractivity (Wildman–Crippen MR) is 74.2 cm³/mol. The largest absolute Gasteiger partial charge is 0.384 e. The summed E-state index contributed by atoms with van der Waals surface area (Å²) in [6.07, 6.45) is 4.74. The van der Waals surface area contributed by atoms with E-state index in [1.54, 1.807) is 10.9 Å². The van der Waals surface area contributed by atoms with Crippen molar-refractivity contribution in [2.24, 2.45) is 7.05 Å². The van der Waals surface area contributed by atoms with E-state index >= 15 is 0 Å². The Labute approximate surface area is 112 Å². The second-order valence-corrected chi connectivity index (χ2v) is 5.11. The molecule has 1 atom stereocenters. The van der Waals surface area contributed by atoms with Gasteiger partial charge >= 0.3 is 0 Å². The Kier molecular flexibility index (Phi) is 3.07. The van der Waals surface area contributed by atoms with E-state index in [9.17, 15) is 4.79 Å². The fourth-order valence-corrected chi connectivity index (χ4v) is 2.68. The van der Waals surface area contributed by atoms with Gasteiger partial charge in [0.05, 0.1) is 6.20 Å². The number of carbonyl (C=O) groups is 1. The van der Waals surface area contributed by atoms with Crippen LogP contribution in [0.2, 0.25) is 0 Å². The van der Waals surface area contributed by atoms with Crippen molar-refractivity contribution in [2.75, 3.05) is 11.9 Å². The monoisotopic (exact) mass is 255 g/mol. The maximum absolute atomic E-state index is 12.1. The highest BCUT2D eigenvalue weighted by Crippen LogP contribution is 2.33. The summed E-state index contributed by atoms with van der Waals surface area (Å²) in [7, 11) is 1.87. The second kappa shape index (κ2) is 4.88. The van der Waals surface area contributed by atoms with Crippen molar-refractivity contribution >= 4 is 11.5 Å². The fraction of sp³-hybridized carbons (Fsp3) is 0.333. The number of carbonyl (C=O) groups excluding carboxylic acids is 1. The molecule has 98 valence electrons. The summed E-state index contributed by atoms with van der Waals surface area (Å²) in [4.78, 5) is 12.1. The van der Waals surface area contributed by atoms with Gasteiger partial charge < -0.3 is 5.32 Å². The number of para-hydroxylation sites is 1. The van der Waals surface area contributed by atoms with Crippen molar-refractivity contribution in [1.29, 1.82) is 0 Å². The predicted octanol–water partition coefficient (Wildman–Crippen LogP) is 2.13. The standard InChI is InChI=1S/C15H17N3O/c1-18-10-11(8-17-18)6-13(19)7-12-9-16-15-5-3-2-4-14(12)15/h2-5,8,10,12,16H,6-7,9H2,1H3. The van der Waals surface area contributed by atoms with Crippen LogP contribution < -0.4 is 5.32 Å². The third kappa shape index (κ3) is 2.52. The number of anilines is 1. The number of nitrogens with zero attached hydrogens (tertiary/aromatic N) is 2. The highest BCUT2D eigenvalue weighted by molar-refractivity contribution is 5.82. The molecule has 0 saturated heterocycles. The zero-order valence-corrected chi connectivity index (χ0v) is 11.0. The minimum Gasteiger partial charge on any atom is -0.384 e. The van der Waals surface area contributed by atoms with E-state index in [-0.39, 0.29) is 5.78 Å². The lowest BCUT2D eigenvalue weighted by atomic mass is 9.94. The molecular formula is C15H17N3O. The summed E-state index contributed by atoms with van der Waals surface area (Å²) in [6.45, 7) is 0.859. The van der Waals surface area contributed by atoms with Crippen LogP contribution in [0.5, 0.6) is 0 Å². The molecule has 1 aromatic heterocycles. The Hall–Kier alpha value is -2.10. The summed E-state index contributed by atoms with van der Waals surface area (Å²) in [5.41, 5.74) is 3.43. The smallest absolute Gasteiger partial charge is 0.138 e. The zero-order chi connectivity index (χ0) is 13.2. The summed E-state index contributed by atoms with van der Waals surface area (Å²) < 4.78 is 1.73. The average molecular weight is 255 g/mol. The zero-order valence-electron chi connectivity index (χ0n) is 11.0. The molecule has 0 radical (unpaired) electrons. The van der Waals surface area contributed by atoms with E-state index in [0.29, 0.717) is 18.8 Å². The second-order valence-electron chi connectivity index (χ2n) is 5.11. The molecule has 3 rings (SSSR count). The van der Waals surface area contributed by atoms with Crippen molar-refractivity contribution in [3.05, 3.63) is 47.8 Å². The third-order valence-electron chi connectivity index (χ3n) is 3.57. The van der Waals surface area contributed by atoms with Crippen molar-refractivity contribution in [2.45, 2.75) is 18.8 Å². The number of aryl methyl sites for hydroxylation is 1. The molecule has 2 heterocycles. The van der Waals surface area contributed by atoms with Gasteiger partial charge in [-0.1, -0.05) is 18.2 Å². The van der Waals surface area contributed by atoms with E-state index in [0.717, 1.165) is 12.1 Å². The van der Waals surface area contributed by atoms with Crippen molar-refractivity contribution in [1.82, 2.24) is 9.78 Å². The first-order chi connectivity index (χ1) is 9.22. The third-order valence-corrected chi connectivity index (χ3v) is 3.57. The molecule has 1 aliphatic rings. The van der Waals surface area contributed by atoms with Gasteiger partial charge in [0.1, 0.15) is 5.78 Å². The quantitative estimate of drug-likeness (QED) is 0.910. The van der Waals surface area contributed by atoms with Crippen LogP contribution >= 0.6 is 0 Å². The number of benzene rings is 1. The van der Waals surface area contributed by atoms with Crippen LogP contribution in [0.3, 0.4) is 0 Å². The summed E-state index contributed by atoms with van der Waals surface area (Å²) in [5, 5.41) is 7.44. The van der Waals surface area contributed by atoms with Gasteiger partial charge in [-0.05, 0) is 17.2 Å². The number of aromatic nitrogens is 2. The first kappa shape index (κ1) is 12.0. The van der Waals surface area contributed by atoms with Crippen molar-refractivity contribution in [3.8, 4) is 0 Å². The maximum Gasteiger partial charge on any atom is 0.138 e. The molecule has 0 amide bonds. The molecule has 1 aliphatic heterocycles. The topological polar surface area (TPSA) is 46.9 Å². The number of hydrogen-bond acceptors (Lipinski definition) is 3.